The lowest BCUT2D eigenvalue weighted by molar-refractivity contribution is 0.102. The lowest BCUT2D eigenvalue weighted by Crippen LogP contribution is -2.16. The van der Waals surface area contributed by atoms with Gasteiger partial charge in [-0.15, -0.1) is 0 Å². The quantitative estimate of drug-likeness (QED) is 0.776. The average molecular weight is 265 g/mol. The second kappa shape index (κ2) is 4.93. The van der Waals surface area contributed by atoms with Crippen LogP contribution in [0.1, 0.15) is 10.4 Å². The molecule has 5 nitrogen and oxygen atoms in total. The van der Waals surface area contributed by atoms with Gasteiger partial charge in [0, 0.05) is 12.1 Å². The van der Waals surface area contributed by atoms with Crippen molar-refractivity contribution in [2.75, 3.05) is 5.32 Å². The van der Waals surface area contributed by atoms with Gasteiger partial charge in [-0.1, -0.05) is 23.7 Å². The van der Waals surface area contributed by atoms with Crippen LogP contribution in [0.4, 0.5) is 5.69 Å². The van der Waals surface area contributed by atoms with E-state index < -0.39 is 11.5 Å². The van der Waals surface area contributed by atoms with E-state index in [0.717, 1.165) is 12.1 Å². The number of pyridine rings is 1. The number of aromatic amines is 1. The minimum absolute atomic E-state index is 0.0520. The number of halogens is 1. The highest BCUT2D eigenvalue weighted by molar-refractivity contribution is 6.33. The normalized spacial score (nSPS) is 10.1. The van der Waals surface area contributed by atoms with E-state index in [1.807, 2.05) is 0 Å². The highest BCUT2D eigenvalue weighted by atomic mass is 35.5. The van der Waals surface area contributed by atoms with Crippen molar-refractivity contribution in [1.29, 1.82) is 0 Å². The standard InChI is InChI=1S/C12H9ClN2O3/c13-8-3-1-2-4-9(8)14-12(18)7-5-10(16)15-11(17)6-7/h1-6H,(H,14,18)(H2,15,16,17). The molecule has 0 aliphatic heterocycles. The van der Waals surface area contributed by atoms with Crippen LogP contribution in [-0.4, -0.2) is 16.0 Å². The maximum Gasteiger partial charge on any atom is 0.256 e. The molecule has 92 valence electrons. The molecule has 2 rings (SSSR count). The Kier molecular flexibility index (Phi) is 3.34. The fourth-order valence-electron chi connectivity index (χ4n) is 1.42. The van der Waals surface area contributed by atoms with E-state index in [1.165, 1.54) is 0 Å². The lowest BCUT2D eigenvalue weighted by atomic mass is 10.2. The molecule has 0 spiro atoms. The van der Waals surface area contributed by atoms with Gasteiger partial charge in [-0.3, -0.25) is 14.6 Å². The largest absolute Gasteiger partial charge is 0.494 e. The topological polar surface area (TPSA) is 82.2 Å². The van der Waals surface area contributed by atoms with Crippen molar-refractivity contribution in [3.8, 4) is 5.88 Å². The third-order valence-electron chi connectivity index (χ3n) is 2.21. The lowest BCUT2D eigenvalue weighted by Gasteiger charge is -2.06. The van der Waals surface area contributed by atoms with Crippen LogP contribution < -0.4 is 10.9 Å². The zero-order chi connectivity index (χ0) is 13.1. The van der Waals surface area contributed by atoms with Crippen molar-refractivity contribution in [1.82, 2.24) is 4.98 Å². The van der Waals surface area contributed by atoms with Crippen LogP contribution in [0.25, 0.3) is 0 Å². The minimum atomic E-state index is -0.556. The van der Waals surface area contributed by atoms with E-state index >= 15 is 0 Å². The Bertz CT molecular complexity index is 652. The number of hydrogen-bond acceptors (Lipinski definition) is 3. The van der Waals surface area contributed by atoms with Crippen molar-refractivity contribution < 1.29 is 9.90 Å². The van der Waals surface area contributed by atoms with Gasteiger partial charge in [-0.25, -0.2) is 0 Å². The van der Waals surface area contributed by atoms with Gasteiger partial charge in [-0.05, 0) is 12.1 Å². The third kappa shape index (κ3) is 2.70. The Morgan fingerprint density at radius 2 is 2.00 bits per heavy atom. The second-order valence-electron chi connectivity index (χ2n) is 3.55. The van der Waals surface area contributed by atoms with Crippen LogP contribution in [0.5, 0.6) is 5.88 Å². The summed E-state index contributed by atoms with van der Waals surface area (Å²) in [5, 5.41) is 12.1. The van der Waals surface area contributed by atoms with Crippen molar-refractivity contribution in [2.24, 2.45) is 0 Å². The molecule has 0 aliphatic carbocycles. The summed E-state index contributed by atoms with van der Waals surface area (Å²) in [4.78, 5) is 25.1. The molecule has 18 heavy (non-hydrogen) atoms. The number of benzene rings is 1. The number of nitrogens with one attached hydrogen (secondary N) is 2. The van der Waals surface area contributed by atoms with Gasteiger partial charge in [0.05, 0.1) is 16.3 Å². The van der Waals surface area contributed by atoms with Crippen LogP contribution in [0, 0.1) is 0 Å². The van der Waals surface area contributed by atoms with Gasteiger partial charge in [0.1, 0.15) is 0 Å². The highest BCUT2D eigenvalue weighted by Gasteiger charge is 2.09. The summed E-state index contributed by atoms with van der Waals surface area (Å²) >= 11 is 5.89. The Balaban J connectivity index is 2.28. The average Bonchev–Trinajstić information content (AvgIpc) is 2.31. The summed E-state index contributed by atoms with van der Waals surface area (Å²) in [6, 6.07) is 8.97. The van der Waals surface area contributed by atoms with Gasteiger partial charge in [-0.2, -0.15) is 0 Å². The first kappa shape index (κ1) is 12.2. The predicted octanol–water partition coefficient (Wildman–Crippen LogP) is 1.99. The Labute approximate surface area is 107 Å². The SMILES string of the molecule is O=C(Nc1ccccc1Cl)c1cc(O)[nH]c(=O)c1. The molecule has 0 fully saturated rings. The molecule has 0 atom stereocenters. The Hall–Kier alpha value is -2.27. The number of rotatable bonds is 2. The zero-order valence-corrected chi connectivity index (χ0v) is 9.86. The number of carbonyl (C=O) groups is 1. The van der Waals surface area contributed by atoms with Crippen LogP contribution >= 0.6 is 11.6 Å². The van der Waals surface area contributed by atoms with Crippen molar-refractivity contribution in [3.05, 3.63) is 57.3 Å². The number of anilines is 1. The van der Waals surface area contributed by atoms with Crippen molar-refractivity contribution in [3.63, 3.8) is 0 Å². The molecule has 0 unspecified atom stereocenters. The molecule has 0 aliphatic rings. The maximum absolute atomic E-state index is 11.8. The summed E-state index contributed by atoms with van der Waals surface area (Å²) in [5.74, 6) is -0.892. The number of hydrogen-bond donors (Lipinski definition) is 3. The van der Waals surface area contributed by atoms with Gasteiger partial charge in [0.15, 0.2) is 5.88 Å². The van der Waals surface area contributed by atoms with Gasteiger partial charge in [0.2, 0.25) is 0 Å². The first-order valence-corrected chi connectivity index (χ1v) is 5.43. The number of aromatic hydroxyl groups is 1. The molecule has 0 radical (unpaired) electrons. The molecule has 1 heterocycles. The van der Waals surface area contributed by atoms with Gasteiger partial charge in [0.25, 0.3) is 11.5 Å². The highest BCUT2D eigenvalue weighted by Crippen LogP contribution is 2.21. The van der Waals surface area contributed by atoms with Crippen molar-refractivity contribution >= 4 is 23.2 Å². The Morgan fingerprint density at radius 1 is 1.28 bits per heavy atom. The zero-order valence-electron chi connectivity index (χ0n) is 9.11. The predicted molar refractivity (Wildman–Crippen MR) is 68.1 cm³/mol. The number of amides is 1. The summed E-state index contributed by atoms with van der Waals surface area (Å²) in [6.45, 7) is 0. The van der Waals surface area contributed by atoms with Crippen LogP contribution in [0.3, 0.4) is 0 Å². The van der Waals surface area contributed by atoms with E-state index in [-0.39, 0.29) is 11.4 Å². The van der Waals surface area contributed by atoms with E-state index in [1.54, 1.807) is 24.3 Å². The fourth-order valence-corrected chi connectivity index (χ4v) is 1.60. The van der Waals surface area contributed by atoms with Crippen LogP contribution in [-0.2, 0) is 0 Å². The maximum atomic E-state index is 11.8. The molecule has 1 aromatic heterocycles. The van der Waals surface area contributed by atoms with Gasteiger partial charge >= 0.3 is 0 Å². The molecule has 1 amide bonds. The smallest absolute Gasteiger partial charge is 0.256 e. The van der Waals surface area contributed by atoms with Crippen molar-refractivity contribution in [2.45, 2.75) is 0 Å². The molecule has 2 aromatic rings. The third-order valence-corrected chi connectivity index (χ3v) is 2.54. The van der Waals surface area contributed by atoms with E-state index in [9.17, 15) is 14.7 Å². The molecule has 0 saturated carbocycles. The molecule has 1 aromatic carbocycles. The Morgan fingerprint density at radius 3 is 2.67 bits per heavy atom. The van der Waals surface area contributed by atoms with E-state index in [2.05, 4.69) is 10.3 Å². The van der Waals surface area contributed by atoms with E-state index in [0.29, 0.717) is 10.7 Å². The molecule has 0 bridgehead atoms. The number of carbonyl (C=O) groups excluding carboxylic acids is 1. The molecule has 3 N–H and O–H groups in total. The van der Waals surface area contributed by atoms with Gasteiger partial charge < -0.3 is 10.4 Å². The number of aromatic nitrogens is 1. The number of H-pyrrole nitrogens is 1. The second-order valence-corrected chi connectivity index (χ2v) is 3.96. The first-order valence-electron chi connectivity index (χ1n) is 5.05. The minimum Gasteiger partial charge on any atom is -0.494 e. The first-order chi connectivity index (χ1) is 8.56. The molecule has 6 heteroatoms. The summed E-state index contributed by atoms with van der Waals surface area (Å²) < 4.78 is 0. The number of para-hydroxylation sites is 1. The molecular weight excluding hydrogens is 256 g/mol. The summed E-state index contributed by atoms with van der Waals surface area (Å²) in [7, 11) is 0. The fraction of sp³-hybridized carbons (Fsp3) is 0. The summed E-state index contributed by atoms with van der Waals surface area (Å²) in [6.07, 6.45) is 0. The van der Waals surface area contributed by atoms with E-state index in [4.69, 9.17) is 11.6 Å². The van der Waals surface area contributed by atoms with Crippen LogP contribution in [0.15, 0.2) is 41.2 Å². The molecule has 0 saturated heterocycles. The monoisotopic (exact) mass is 264 g/mol. The van der Waals surface area contributed by atoms with Crippen LogP contribution in [0.2, 0.25) is 5.02 Å². The molecular formula is C12H9ClN2O3. The summed E-state index contributed by atoms with van der Waals surface area (Å²) in [5.41, 5.74) is -0.0700.